The number of hydrogen-bond donors (Lipinski definition) is 3. The first kappa shape index (κ1) is 20.7. The molecule has 9 heteroatoms. The Kier molecular flexibility index (Phi) is 8.50. The van der Waals surface area contributed by atoms with Gasteiger partial charge in [0.15, 0.2) is 5.96 Å². The van der Waals surface area contributed by atoms with E-state index < -0.39 is 10.0 Å². The molecule has 6 nitrogen and oxygen atoms in total. The van der Waals surface area contributed by atoms with Gasteiger partial charge in [-0.05, 0) is 23.1 Å². The van der Waals surface area contributed by atoms with Crippen molar-refractivity contribution in [1.29, 1.82) is 0 Å². The lowest BCUT2D eigenvalue weighted by Crippen LogP contribution is -2.36. The quantitative estimate of drug-likeness (QED) is 0.337. The second-order valence-corrected chi connectivity index (χ2v) is 7.67. The van der Waals surface area contributed by atoms with Gasteiger partial charge in [-0.3, -0.25) is 9.71 Å². The smallest absolute Gasteiger partial charge is 0.229 e. The number of hydrogen-bond acceptors (Lipinski definition) is 4. The van der Waals surface area contributed by atoms with Crippen LogP contribution in [0.4, 0.5) is 5.69 Å². The van der Waals surface area contributed by atoms with E-state index >= 15 is 0 Å². The lowest BCUT2D eigenvalue weighted by molar-refractivity contribution is 0.606. The highest BCUT2D eigenvalue weighted by Gasteiger charge is 2.07. The van der Waals surface area contributed by atoms with Crippen molar-refractivity contribution >= 4 is 57.0 Å². The van der Waals surface area contributed by atoms with Gasteiger partial charge in [-0.25, -0.2) is 8.42 Å². The highest BCUT2D eigenvalue weighted by molar-refractivity contribution is 14.0. The van der Waals surface area contributed by atoms with Gasteiger partial charge in [-0.2, -0.15) is 0 Å². The first-order valence-corrected chi connectivity index (χ1v) is 9.77. The Labute approximate surface area is 163 Å². The first-order chi connectivity index (χ1) is 11.0. The summed E-state index contributed by atoms with van der Waals surface area (Å²) in [6.45, 7) is 1.16. The van der Waals surface area contributed by atoms with E-state index in [-0.39, 0.29) is 24.0 Å². The number of rotatable bonds is 6. The maximum atomic E-state index is 11.4. The first-order valence-electron chi connectivity index (χ1n) is 7.00. The predicted molar refractivity (Wildman–Crippen MR) is 112 cm³/mol. The Balaban J connectivity index is 0.00000288. The third-order valence-electron chi connectivity index (χ3n) is 2.99. The third kappa shape index (κ3) is 7.05. The number of benzene rings is 1. The molecule has 0 fully saturated rings. The molecule has 0 aliphatic carbocycles. The average Bonchev–Trinajstić information content (AvgIpc) is 3.01. The Morgan fingerprint density at radius 2 is 1.83 bits per heavy atom. The van der Waals surface area contributed by atoms with Crippen LogP contribution in [0.3, 0.4) is 0 Å². The summed E-state index contributed by atoms with van der Waals surface area (Å²) in [4.78, 5) is 5.38. The van der Waals surface area contributed by atoms with Crippen molar-refractivity contribution in [3.8, 4) is 0 Å². The van der Waals surface area contributed by atoms with E-state index in [2.05, 4.69) is 26.4 Å². The molecule has 2 aromatic rings. The van der Waals surface area contributed by atoms with Gasteiger partial charge in [0, 0.05) is 18.5 Å². The van der Waals surface area contributed by atoms with Gasteiger partial charge in [-0.1, -0.05) is 24.3 Å². The number of halogens is 1. The molecule has 1 aromatic heterocycles. The molecule has 0 saturated carbocycles. The molecule has 2 rings (SSSR count). The van der Waals surface area contributed by atoms with Crippen LogP contribution in [0.15, 0.2) is 46.8 Å². The number of nitrogens with zero attached hydrogens (tertiary/aromatic N) is 1. The summed E-state index contributed by atoms with van der Waals surface area (Å²) < 4.78 is 25.3. The number of guanidine groups is 1. The number of sulfonamides is 1. The van der Waals surface area contributed by atoms with Gasteiger partial charge in [0.2, 0.25) is 10.0 Å². The fraction of sp³-hybridized carbons (Fsp3) is 0.267. The van der Waals surface area contributed by atoms with Crippen molar-refractivity contribution in [2.45, 2.75) is 13.1 Å². The summed E-state index contributed by atoms with van der Waals surface area (Å²) in [5.41, 5.74) is 1.41. The molecule has 0 saturated heterocycles. The largest absolute Gasteiger partial charge is 0.352 e. The van der Waals surface area contributed by atoms with Crippen LogP contribution in [0, 0.1) is 0 Å². The number of thiophene rings is 1. The van der Waals surface area contributed by atoms with Crippen molar-refractivity contribution in [2.75, 3.05) is 18.0 Å². The summed E-state index contributed by atoms with van der Waals surface area (Å²) in [6.07, 6.45) is 1.14. The standard InChI is InChI=1S/C15H20N4O2S2.HI/c1-16-15(18-11-13-7-5-9-22-13)17-10-12-6-3-4-8-14(12)19-23(2,20)21;/h3-9,19H,10-11H2,1-2H3,(H2,16,17,18);1H. The second-order valence-electron chi connectivity index (χ2n) is 4.89. The molecule has 132 valence electrons. The molecule has 0 bridgehead atoms. The van der Waals surface area contributed by atoms with Crippen LogP contribution in [0.1, 0.15) is 10.4 Å². The van der Waals surface area contributed by atoms with E-state index in [0.717, 1.165) is 11.8 Å². The van der Waals surface area contributed by atoms with Crippen LogP contribution >= 0.6 is 35.3 Å². The Morgan fingerprint density at radius 3 is 2.46 bits per heavy atom. The van der Waals surface area contributed by atoms with Gasteiger partial charge >= 0.3 is 0 Å². The fourth-order valence-electron chi connectivity index (χ4n) is 1.96. The van der Waals surface area contributed by atoms with Crippen LogP contribution in [0.25, 0.3) is 0 Å². The zero-order chi connectivity index (χ0) is 16.7. The number of para-hydroxylation sites is 1. The number of nitrogens with one attached hydrogen (secondary N) is 3. The molecule has 0 unspecified atom stereocenters. The van der Waals surface area contributed by atoms with E-state index in [4.69, 9.17) is 0 Å². The topological polar surface area (TPSA) is 82.6 Å². The molecule has 0 radical (unpaired) electrons. The molecule has 1 heterocycles. The Hall–Kier alpha value is -1.33. The summed E-state index contributed by atoms with van der Waals surface area (Å²) in [6, 6.07) is 11.3. The summed E-state index contributed by atoms with van der Waals surface area (Å²) in [5, 5.41) is 8.43. The Bertz CT molecular complexity index is 762. The lowest BCUT2D eigenvalue weighted by atomic mass is 10.2. The van der Waals surface area contributed by atoms with Crippen LogP contribution in [-0.2, 0) is 23.1 Å². The van der Waals surface area contributed by atoms with Gasteiger partial charge < -0.3 is 10.6 Å². The number of aliphatic imine (C=N–C) groups is 1. The molecular formula is C15H21IN4O2S2. The molecule has 1 aromatic carbocycles. The minimum atomic E-state index is -3.31. The molecule has 24 heavy (non-hydrogen) atoms. The van der Waals surface area contributed by atoms with E-state index in [1.807, 2.05) is 23.6 Å². The highest BCUT2D eigenvalue weighted by atomic mass is 127. The Morgan fingerprint density at radius 1 is 1.12 bits per heavy atom. The van der Waals surface area contributed by atoms with Crippen molar-refractivity contribution in [1.82, 2.24) is 10.6 Å². The predicted octanol–water partition coefficient (Wildman–Crippen LogP) is 2.60. The SMILES string of the molecule is CN=C(NCc1cccs1)NCc1ccccc1NS(C)(=O)=O.I. The fourth-order valence-corrected chi connectivity index (χ4v) is 3.20. The molecule has 0 aliphatic heterocycles. The lowest BCUT2D eigenvalue weighted by Gasteiger charge is -2.14. The van der Waals surface area contributed by atoms with E-state index in [0.29, 0.717) is 24.7 Å². The van der Waals surface area contributed by atoms with Crippen molar-refractivity contribution in [3.05, 3.63) is 52.2 Å². The van der Waals surface area contributed by atoms with Crippen LogP contribution in [0.2, 0.25) is 0 Å². The van der Waals surface area contributed by atoms with Gasteiger partial charge in [0.1, 0.15) is 0 Å². The average molecular weight is 480 g/mol. The van der Waals surface area contributed by atoms with Crippen LogP contribution < -0.4 is 15.4 Å². The monoisotopic (exact) mass is 480 g/mol. The van der Waals surface area contributed by atoms with Crippen molar-refractivity contribution < 1.29 is 8.42 Å². The van der Waals surface area contributed by atoms with Crippen LogP contribution in [-0.4, -0.2) is 27.7 Å². The van der Waals surface area contributed by atoms with Gasteiger partial charge in [0.05, 0.1) is 18.5 Å². The molecule has 0 amide bonds. The normalized spacial score (nSPS) is 11.5. The maximum Gasteiger partial charge on any atom is 0.229 e. The summed E-state index contributed by atoms with van der Waals surface area (Å²) in [5.74, 6) is 0.660. The number of anilines is 1. The van der Waals surface area contributed by atoms with E-state index in [9.17, 15) is 8.42 Å². The molecule has 0 aliphatic rings. The zero-order valence-electron chi connectivity index (χ0n) is 13.4. The zero-order valence-corrected chi connectivity index (χ0v) is 17.4. The molecule has 0 spiro atoms. The maximum absolute atomic E-state index is 11.4. The second kappa shape index (κ2) is 9.84. The van der Waals surface area contributed by atoms with Crippen molar-refractivity contribution in [2.24, 2.45) is 4.99 Å². The third-order valence-corrected chi connectivity index (χ3v) is 4.46. The summed E-state index contributed by atoms with van der Waals surface area (Å²) >= 11 is 1.68. The van der Waals surface area contributed by atoms with Gasteiger partial charge in [0.25, 0.3) is 0 Å². The van der Waals surface area contributed by atoms with Gasteiger partial charge in [-0.15, -0.1) is 35.3 Å². The molecule has 3 N–H and O–H groups in total. The van der Waals surface area contributed by atoms with Crippen LogP contribution in [0.5, 0.6) is 0 Å². The highest BCUT2D eigenvalue weighted by Crippen LogP contribution is 2.15. The minimum absolute atomic E-state index is 0. The van der Waals surface area contributed by atoms with E-state index in [1.165, 1.54) is 4.88 Å². The molecule has 0 atom stereocenters. The van der Waals surface area contributed by atoms with Crippen molar-refractivity contribution in [3.63, 3.8) is 0 Å². The molecular weight excluding hydrogens is 459 g/mol. The minimum Gasteiger partial charge on any atom is -0.352 e. The van der Waals surface area contributed by atoms with E-state index in [1.54, 1.807) is 30.5 Å². The summed E-state index contributed by atoms with van der Waals surface area (Å²) in [7, 11) is -1.61.